The second kappa shape index (κ2) is 8.82. The molecule has 0 N–H and O–H groups in total. The molecule has 3 aromatic rings. The van der Waals surface area contributed by atoms with E-state index in [9.17, 15) is 4.79 Å². The third-order valence-corrected chi connectivity index (χ3v) is 6.85. The molecule has 1 aromatic carbocycles. The fourth-order valence-electron chi connectivity index (χ4n) is 3.26. The van der Waals surface area contributed by atoms with E-state index in [2.05, 4.69) is 40.8 Å². The number of piperazine rings is 1. The van der Waals surface area contributed by atoms with Crippen LogP contribution in [-0.2, 0) is 11.3 Å². The van der Waals surface area contributed by atoms with Crippen molar-refractivity contribution in [2.45, 2.75) is 13.5 Å². The average molecular weight is 410 g/mol. The van der Waals surface area contributed by atoms with Crippen molar-refractivity contribution in [1.29, 1.82) is 0 Å². The summed E-state index contributed by atoms with van der Waals surface area (Å²) in [6.07, 6.45) is 3.65. The lowest BCUT2D eigenvalue weighted by atomic mass is 10.2. The number of thiophene rings is 1. The van der Waals surface area contributed by atoms with Crippen LogP contribution in [0.25, 0.3) is 16.6 Å². The number of carbonyl (C=O) groups excluding carboxylic acids is 1. The summed E-state index contributed by atoms with van der Waals surface area (Å²) in [5.41, 5.74) is 3.50. The molecule has 1 aliphatic heterocycles. The first-order chi connectivity index (χ1) is 13.7. The summed E-state index contributed by atoms with van der Waals surface area (Å²) in [6.45, 7) is 6.22. The largest absolute Gasteiger partial charge is 0.337 e. The van der Waals surface area contributed by atoms with Crippen LogP contribution in [0.5, 0.6) is 0 Å². The maximum Gasteiger partial charge on any atom is 0.246 e. The Balaban J connectivity index is 1.29. The molecule has 1 aliphatic rings. The molecule has 6 heteroatoms. The van der Waals surface area contributed by atoms with Crippen molar-refractivity contribution in [3.63, 3.8) is 0 Å². The number of amides is 1. The van der Waals surface area contributed by atoms with Crippen molar-refractivity contribution in [3.8, 4) is 10.6 Å². The molecule has 0 spiro atoms. The molecule has 4 nitrogen and oxygen atoms in total. The number of aromatic nitrogens is 1. The second-order valence-corrected chi connectivity index (χ2v) is 8.72. The maximum absolute atomic E-state index is 12.4. The number of aryl methyl sites for hydroxylation is 1. The van der Waals surface area contributed by atoms with Gasteiger partial charge < -0.3 is 4.90 Å². The monoisotopic (exact) mass is 409 g/mol. The summed E-state index contributed by atoms with van der Waals surface area (Å²) < 4.78 is 0. The van der Waals surface area contributed by atoms with E-state index in [1.165, 1.54) is 11.1 Å². The van der Waals surface area contributed by atoms with Gasteiger partial charge in [0.1, 0.15) is 5.01 Å². The summed E-state index contributed by atoms with van der Waals surface area (Å²) in [5.74, 6) is 0.104. The zero-order chi connectivity index (χ0) is 19.3. The summed E-state index contributed by atoms with van der Waals surface area (Å²) in [5, 5.41) is 5.27. The maximum atomic E-state index is 12.4. The molecule has 144 valence electrons. The number of hydrogen-bond acceptors (Lipinski definition) is 5. The Kier molecular flexibility index (Phi) is 6.00. The van der Waals surface area contributed by atoms with Crippen LogP contribution in [0, 0.1) is 6.92 Å². The number of benzene rings is 1. The third kappa shape index (κ3) is 4.58. The Hall–Kier alpha value is -2.28. The number of rotatable bonds is 5. The van der Waals surface area contributed by atoms with Crippen molar-refractivity contribution < 1.29 is 4.79 Å². The minimum atomic E-state index is 0.104. The van der Waals surface area contributed by atoms with Crippen molar-refractivity contribution in [1.82, 2.24) is 14.8 Å². The Morgan fingerprint density at radius 3 is 2.61 bits per heavy atom. The highest BCUT2D eigenvalue weighted by atomic mass is 32.1. The number of nitrogens with zero attached hydrogens (tertiary/aromatic N) is 3. The molecule has 0 unspecified atom stereocenters. The lowest BCUT2D eigenvalue weighted by molar-refractivity contribution is -0.127. The predicted octanol–water partition coefficient (Wildman–Crippen LogP) is 4.54. The highest BCUT2D eigenvalue weighted by molar-refractivity contribution is 7.13. The zero-order valence-corrected chi connectivity index (χ0v) is 17.5. The fourth-order valence-corrected chi connectivity index (χ4v) is 4.89. The summed E-state index contributed by atoms with van der Waals surface area (Å²) in [4.78, 5) is 22.7. The molecule has 0 aliphatic carbocycles. The first kappa shape index (κ1) is 19.1. The van der Waals surface area contributed by atoms with Crippen LogP contribution in [0.4, 0.5) is 0 Å². The van der Waals surface area contributed by atoms with Gasteiger partial charge in [-0.1, -0.05) is 30.3 Å². The Morgan fingerprint density at radius 2 is 1.89 bits per heavy atom. The number of carbonyl (C=O) groups is 1. The third-order valence-electron chi connectivity index (χ3n) is 4.92. The van der Waals surface area contributed by atoms with E-state index in [-0.39, 0.29) is 5.91 Å². The Labute approximate surface area is 173 Å². The van der Waals surface area contributed by atoms with Gasteiger partial charge in [0.25, 0.3) is 0 Å². The van der Waals surface area contributed by atoms with Crippen molar-refractivity contribution in [2.24, 2.45) is 0 Å². The molecule has 4 rings (SSSR count). The van der Waals surface area contributed by atoms with Gasteiger partial charge in [-0.25, -0.2) is 4.98 Å². The summed E-state index contributed by atoms with van der Waals surface area (Å²) in [6, 6.07) is 12.4. The lowest BCUT2D eigenvalue weighted by Gasteiger charge is -2.33. The van der Waals surface area contributed by atoms with E-state index in [1.807, 2.05) is 29.2 Å². The molecule has 0 bridgehead atoms. The van der Waals surface area contributed by atoms with Gasteiger partial charge in [0.2, 0.25) is 5.91 Å². The molecular formula is C22H23N3OS2. The Bertz CT molecular complexity index is 953. The van der Waals surface area contributed by atoms with Gasteiger partial charge in [0.15, 0.2) is 0 Å². The molecule has 0 radical (unpaired) electrons. The first-order valence-electron chi connectivity index (χ1n) is 9.42. The minimum absolute atomic E-state index is 0.104. The van der Waals surface area contributed by atoms with Crippen molar-refractivity contribution in [3.05, 3.63) is 69.4 Å². The molecule has 1 saturated heterocycles. The van der Waals surface area contributed by atoms with Crippen LogP contribution in [0.1, 0.15) is 16.1 Å². The van der Waals surface area contributed by atoms with Gasteiger partial charge in [0.05, 0.1) is 5.69 Å². The zero-order valence-electron chi connectivity index (χ0n) is 15.9. The summed E-state index contributed by atoms with van der Waals surface area (Å²) in [7, 11) is 0. The molecule has 1 amide bonds. The molecule has 0 saturated carbocycles. The SMILES string of the molecule is Cc1ccsc1/C=C/C(=O)N1CCN(Cc2csc(-c3ccccc3)n2)CC1. The lowest BCUT2D eigenvalue weighted by Crippen LogP contribution is -2.47. The van der Waals surface area contributed by atoms with Crippen LogP contribution in [-0.4, -0.2) is 46.9 Å². The molecule has 0 atom stereocenters. The van der Waals surface area contributed by atoms with Crippen molar-refractivity contribution in [2.75, 3.05) is 26.2 Å². The van der Waals surface area contributed by atoms with Gasteiger partial charge in [0, 0.05) is 54.6 Å². The first-order valence-corrected chi connectivity index (χ1v) is 11.2. The van der Waals surface area contributed by atoms with Crippen molar-refractivity contribution >= 4 is 34.7 Å². The van der Waals surface area contributed by atoms with Gasteiger partial charge in [-0.15, -0.1) is 22.7 Å². The standard InChI is InChI=1S/C22H23N3OS2/c1-17-9-14-27-20(17)7-8-21(26)25-12-10-24(11-13-25)15-19-16-28-22(23-19)18-5-3-2-4-6-18/h2-9,14,16H,10-13,15H2,1H3/b8-7+. The van der Waals surface area contributed by atoms with Crippen LogP contribution >= 0.6 is 22.7 Å². The second-order valence-electron chi connectivity index (χ2n) is 6.91. The normalized spacial score (nSPS) is 15.4. The van der Waals surface area contributed by atoms with E-state index < -0.39 is 0 Å². The van der Waals surface area contributed by atoms with E-state index in [4.69, 9.17) is 4.98 Å². The average Bonchev–Trinajstić information content (AvgIpc) is 3.36. The smallest absolute Gasteiger partial charge is 0.246 e. The Morgan fingerprint density at radius 1 is 1.11 bits per heavy atom. The predicted molar refractivity (Wildman–Crippen MR) is 117 cm³/mol. The quantitative estimate of drug-likeness (QED) is 0.581. The highest BCUT2D eigenvalue weighted by Gasteiger charge is 2.20. The van der Waals surface area contributed by atoms with E-state index in [0.717, 1.165) is 48.3 Å². The van der Waals surface area contributed by atoms with Gasteiger partial charge >= 0.3 is 0 Å². The fraction of sp³-hybridized carbons (Fsp3) is 0.273. The van der Waals surface area contributed by atoms with E-state index in [1.54, 1.807) is 28.7 Å². The van der Waals surface area contributed by atoms with E-state index in [0.29, 0.717) is 0 Å². The molecule has 2 aromatic heterocycles. The molecule has 28 heavy (non-hydrogen) atoms. The molecule has 1 fully saturated rings. The molecular weight excluding hydrogens is 386 g/mol. The molecule has 3 heterocycles. The van der Waals surface area contributed by atoms with Crippen LogP contribution < -0.4 is 0 Å². The van der Waals surface area contributed by atoms with Gasteiger partial charge in [-0.05, 0) is 30.0 Å². The van der Waals surface area contributed by atoms with Crippen LogP contribution in [0.15, 0.2) is 53.2 Å². The van der Waals surface area contributed by atoms with E-state index >= 15 is 0 Å². The number of thiazole rings is 1. The highest BCUT2D eigenvalue weighted by Crippen LogP contribution is 2.24. The topological polar surface area (TPSA) is 36.4 Å². The van der Waals surface area contributed by atoms with Gasteiger partial charge in [-0.2, -0.15) is 0 Å². The van der Waals surface area contributed by atoms with Crippen LogP contribution in [0.3, 0.4) is 0 Å². The van der Waals surface area contributed by atoms with Gasteiger partial charge in [-0.3, -0.25) is 9.69 Å². The van der Waals surface area contributed by atoms with Crippen LogP contribution in [0.2, 0.25) is 0 Å². The number of hydrogen-bond donors (Lipinski definition) is 0. The minimum Gasteiger partial charge on any atom is -0.337 e. The summed E-state index contributed by atoms with van der Waals surface area (Å²) >= 11 is 3.36.